The van der Waals surface area contributed by atoms with E-state index in [-0.39, 0.29) is 0 Å². The molecule has 2 aliphatic carbocycles. The Kier molecular flexibility index (Phi) is 4.04. The molecule has 1 amide bonds. The van der Waals surface area contributed by atoms with Crippen molar-refractivity contribution in [2.24, 2.45) is 11.3 Å². The largest absolute Gasteiger partial charge is 0.353 e. The summed E-state index contributed by atoms with van der Waals surface area (Å²) in [5.41, 5.74) is 0.366. The summed E-state index contributed by atoms with van der Waals surface area (Å²) < 4.78 is 0. The molecule has 3 unspecified atom stereocenters. The van der Waals surface area contributed by atoms with E-state index >= 15 is 0 Å². The molecule has 3 rings (SSSR count). The van der Waals surface area contributed by atoms with Crippen LogP contribution in [0.2, 0.25) is 0 Å². The Morgan fingerprint density at radius 2 is 2.00 bits per heavy atom. The minimum absolute atomic E-state index is 0.310. The maximum absolute atomic E-state index is 12.5. The average molecular weight is 279 g/mol. The summed E-state index contributed by atoms with van der Waals surface area (Å²) in [6.45, 7) is 2.19. The summed E-state index contributed by atoms with van der Waals surface area (Å²) in [4.78, 5) is 14.8. The number of hydrogen-bond donors (Lipinski definition) is 2. The molecule has 0 radical (unpaired) electrons. The third-order valence-electron chi connectivity index (χ3n) is 5.83. The molecule has 1 aliphatic heterocycles. The monoisotopic (exact) mass is 279 g/mol. The smallest absolute Gasteiger partial charge is 0.223 e. The Bertz CT molecular complexity index is 363. The fourth-order valence-electron chi connectivity index (χ4n) is 4.26. The molecule has 1 saturated heterocycles. The number of nitrogens with one attached hydrogen (secondary N) is 2. The maximum Gasteiger partial charge on any atom is 0.223 e. The Balaban J connectivity index is 1.50. The van der Waals surface area contributed by atoms with Crippen molar-refractivity contribution in [1.29, 1.82) is 0 Å². The van der Waals surface area contributed by atoms with Gasteiger partial charge in [-0.15, -0.1) is 0 Å². The highest BCUT2D eigenvalue weighted by atomic mass is 16.2. The van der Waals surface area contributed by atoms with Gasteiger partial charge in [0.1, 0.15) is 0 Å². The van der Waals surface area contributed by atoms with E-state index in [2.05, 4.69) is 29.6 Å². The molecule has 1 heterocycles. The van der Waals surface area contributed by atoms with Gasteiger partial charge in [0.05, 0.1) is 0 Å². The molecular formula is C16H29N3O. The highest BCUT2D eigenvalue weighted by Gasteiger charge is 2.57. The third kappa shape index (κ3) is 2.86. The molecule has 3 aliphatic rings. The van der Waals surface area contributed by atoms with Gasteiger partial charge in [-0.3, -0.25) is 4.79 Å². The van der Waals surface area contributed by atoms with E-state index in [1.54, 1.807) is 0 Å². The number of piperidine rings is 1. The molecule has 0 aromatic carbocycles. The van der Waals surface area contributed by atoms with Gasteiger partial charge in [-0.1, -0.05) is 0 Å². The summed E-state index contributed by atoms with van der Waals surface area (Å²) in [5, 5.41) is 6.75. The lowest BCUT2D eigenvalue weighted by Gasteiger charge is -2.34. The van der Waals surface area contributed by atoms with Crippen molar-refractivity contribution in [3.8, 4) is 0 Å². The summed E-state index contributed by atoms with van der Waals surface area (Å²) in [7, 11) is 4.31. The minimum atomic E-state index is 0.310. The molecule has 0 aromatic rings. The van der Waals surface area contributed by atoms with Crippen LogP contribution in [0.25, 0.3) is 0 Å². The van der Waals surface area contributed by atoms with Crippen LogP contribution < -0.4 is 10.6 Å². The second-order valence-corrected chi connectivity index (χ2v) is 7.36. The van der Waals surface area contributed by atoms with E-state index in [4.69, 9.17) is 0 Å². The van der Waals surface area contributed by atoms with Gasteiger partial charge in [-0.25, -0.2) is 0 Å². The highest BCUT2D eigenvalue weighted by molar-refractivity contribution is 5.82. The predicted octanol–water partition coefficient (Wildman–Crippen LogP) is 1.37. The van der Waals surface area contributed by atoms with Crippen LogP contribution in [0.3, 0.4) is 0 Å². The van der Waals surface area contributed by atoms with Crippen LogP contribution in [0.15, 0.2) is 0 Å². The lowest BCUT2D eigenvalue weighted by molar-refractivity contribution is -0.124. The van der Waals surface area contributed by atoms with Gasteiger partial charge < -0.3 is 15.5 Å². The van der Waals surface area contributed by atoms with Crippen LogP contribution in [0, 0.1) is 11.3 Å². The van der Waals surface area contributed by atoms with Gasteiger partial charge in [-0.2, -0.15) is 0 Å². The molecule has 3 atom stereocenters. The topological polar surface area (TPSA) is 44.4 Å². The Labute approximate surface area is 122 Å². The molecule has 0 bridgehead atoms. The first-order valence-electron chi connectivity index (χ1n) is 8.28. The van der Waals surface area contributed by atoms with E-state index < -0.39 is 0 Å². The quantitative estimate of drug-likeness (QED) is 0.820. The molecule has 0 aromatic heterocycles. The van der Waals surface area contributed by atoms with E-state index in [0.717, 1.165) is 32.4 Å². The first-order chi connectivity index (χ1) is 9.61. The van der Waals surface area contributed by atoms with Crippen LogP contribution in [-0.2, 0) is 4.79 Å². The number of carbonyl (C=O) groups is 1. The molecule has 20 heavy (non-hydrogen) atoms. The highest BCUT2D eigenvalue weighted by Crippen LogP contribution is 2.58. The van der Waals surface area contributed by atoms with Crippen molar-refractivity contribution in [3.63, 3.8) is 0 Å². The Morgan fingerprint density at radius 1 is 1.25 bits per heavy atom. The number of hydrogen-bond acceptors (Lipinski definition) is 3. The summed E-state index contributed by atoms with van der Waals surface area (Å²) in [6.07, 6.45) is 8.32. The zero-order valence-electron chi connectivity index (χ0n) is 13.0. The first kappa shape index (κ1) is 14.3. The van der Waals surface area contributed by atoms with Gasteiger partial charge >= 0.3 is 0 Å². The van der Waals surface area contributed by atoms with Gasteiger partial charge in [0.2, 0.25) is 5.91 Å². The predicted molar refractivity (Wildman–Crippen MR) is 80.5 cm³/mol. The van der Waals surface area contributed by atoms with Gasteiger partial charge in [-0.05, 0) is 77.5 Å². The second kappa shape index (κ2) is 5.64. The molecule has 2 saturated carbocycles. The van der Waals surface area contributed by atoms with Gasteiger partial charge in [0.25, 0.3) is 0 Å². The van der Waals surface area contributed by atoms with Crippen molar-refractivity contribution in [3.05, 3.63) is 0 Å². The molecule has 4 nitrogen and oxygen atoms in total. The fourth-order valence-corrected chi connectivity index (χ4v) is 4.26. The van der Waals surface area contributed by atoms with Crippen molar-refractivity contribution in [1.82, 2.24) is 15.5 Å². The van der Waals surface area contributed by atoms with Crippen molar-refractivity contribution in [2.45, 2.75) is 57.0 Å². The third-order valence-corrected chi connectivity index (χ3v) is 5.83. The summed E-state index contributed by atoms with van der Waals surface area (Å²) in [5.74, 6) is 0.653. The maximum atomic E-state index is 12.5. The van der Waals surface area contributed by atoms with E-state index in [0.29, 0.717) is 29.3 Å². The molecule has 3 fully saturated rings. The standard InChI is InChI=1S/C16H29N3O/c1-19(2)13-5-3-4-12(10-13)18-15(20)14-11-16(14)6-8-17-9-7-16/h12-14,17H,3-11H2,1-2H3,(H,18,20). The SMILES string of the molecule is CN(C)C1CCCC(NC(=O)C2CC23CCNCC3)C1. The Morgan fingerprint density at radius 3 is 2.70 bits per heavy atom. The zero-order valence-corrected chi connectivity index (χ0v) is 13.0. The average Bonchev–Trinajstić information content (AvgIpc) is 3.13. The lowest BCUT2D eigenvalue weighted by Crippen LogP contribution is -2.45. The zero-order chi connectivity index (χ0) is 14.2. The van der Waals surface area contributed by atoms with E-state index in [1.807, 2.05) is 0 Å². The second-order valence-electron chi connectivity index (χ2n) is 7.36. The normalized spacial score (nSPS) is 36.0. The summed E-state index contributed by atoms with van der Waals surface area (Å²) in [6, 6.07) is 1.05. The van der Waals surface area contributed by atoms with Gasteiger partial charge in [0.15, 0.2) is 0 Å². The van der Waals surface area contributed by atoms with Crippen molar-refractivity contribution >= 4 is 5.91 Å². The number of rotatable bonds is 3. The number of carbonyl (C=O) groups excluding carboxylic acids is 1. The fraction of sp³-hybridized carbons (Fsp3) is 0.938. The molecular weight excluding hydrogens is 250 g/mol. The van der Waals surface area contributed by atoms with Crippen molar-refractivity contribution < 1.29 is 4.79 Å². The lowest BCUT2D eigenvalue weighted by atomic mass is 9.89. The van der Waals surface area contributed by atoms with Crippen LogP contribution in [-0.4, -0.2) is 50.1 Å². The molecule has 1 spiro atoms. The number of amides is 1. The minimum Gasteiger partial charge on any atom is -0.353 e. The molecule has 4 heteroatoms. The molecule has 2 N–H and O–H groups in total. The summed E-state index contributed by atoms with van der Waals surface area (Å²) >= 11 is 0. The van der Waals surface area contributed by atoms with E-state index in [9.17, 15) is 4.79 Å². The first-order valence-corrected chi connectivity index (χ1v) is 8.28. The van der Waals surface area contributed by atoms with E-state index in [1.165, 1.54) is 25.7 Å². The van der Waals surface area contributed by atoms with Crippen LogP contribution in [0.4, 0.5) is 0 Å². The molecule has 114 valence electrons. The van der Waals surface area contributed by atoms with Crippen molar-refractivity contribution in [2.75, 3.05) is 27.2 Å². The van der Waals surface area contributed by atoms with Crippen LogP contribution in [0.1, 0.15) is 44.9 Å². The van der Waals surface area contributed by atoms with Gasteiger partial charge in [0, 0.05) is 18.0 Å². The Hall–Kier alpha value is -0.610. The number of nitrogens with zero attached hydrogens (tertiary/aromatic N) is 1. The van der Waals surface area contributed by atoms with Crippen LogP contribution in [0.5, 0.6) is 0 Å². The van der Waals surface area contributed by atoms with Crippen LogP contribution >= 0.6 is 0 Å².